The van der Waals surface area contributed by atoms with Crippen molar-refractivity contribution in [2.45, 2.75) is 25.7 Å². The van der Waals surface area contributed by atoms with Crippen molar-refractivity contribution in [3.63, 3.8) is 0 Å². The largest absolute Gasteiger partial charge is 0.473 e. The molecule has 4 nitrogen and oxygen atoms in total. The first-order valence-corrected chi connectivity index (χ1v) is 7.30. The van der Waals surface area contributed by atoms with Crippen molar-refractivity contribution in [1.29, 1.82) is 0 Å². The van der Waals surface area contributed by atoms with Crippen molar-refractivity contribution >= 4 is 0 Å². The topological polar surface area (TPSA) is 43.4 Å². The van der Waals surface area contributed by atoms with Crippen molar-refractivity contribution in [3.8, 4) is 5.88 Å². The molecule has 2 aromatic rings. The van der Waals surface area contributed by atoms with Crippen molar-refractivity contribution in [2.24, 2.45) is 0 Å². The maximum atomic E-state index is 5.90. The van der Waals surface area contributed by atoms with Crippen LogP contribution in [-0.2, 0) is 11.3 Å². The summed E-state index contributed by atoms with van der Waals surface area (Å²) in [4.78, 5) is 4.36. The van der Waals surface area contributed by atoms with Crippen LogP contribution in [0.1, 0.15) is 24.2 Å². The number of pyridine rings is 1. The number of morpholine rings is 1. The Kier molecular flexibility index (Phi) is 4.48. The lowest BCUT2D eigenvalue weighted by Gasteiger charge is -2.28. The molecule has 1 aliphatic rings. The fraction of sp³-hybridized carbons (Fsp3) is 0.353. The lowest BCUT2D eigenvalue weighted by Crippen LogP contribution is -2.38. The van der Waals surface area contributed by atoms with Gasteiger partial charge in [-0.05, 0) is 18.6 Å². The highest BCUT2D eigenvalue weighted by Crippen LogP contribution is 2.22. The molecular weight excluding hydrogens is 264 g/mol. The molecule has 1 aromatic carbocycles. The van der Waals surface area contributed by atoms with Crippen LogP contribution in [-0.4, -0.2) is 24.2 Å². The molecule has 4 heteroatoms. The van der Waals surface area contributed by atoms with E-state index in [9.17, 15) is 0 Å². The Hall–Kier alpha value is -1.91. The molecule has 1 saturated heterocycles. The third-order valence-corrected chi connectivity index (χ3v) is 3.52. The summed E-state index contributed by atoms with van der Waals surface area (Å²) < 4.78 is 11.6. The average molecular weight is 284 g/mol. The monoisotopic (exact) mass is 284 g/mol. The number of nitrogens with one attached hydrogen (secondary N) is 1. The van der Waals surface area contributed by atoms with Gasteiger partial charge in [-0.2, -0.15) is 0 Å². The first-order chi connectivity index (χ1) is 10.3. The van der Waals surface area contributed by atoms with Crippen LogP contribution in [0.3, 0.4) is 0 Å². The lowest BCUT2D eigenvalue weighted by molar-refractivity contribution is -0.0289. The minimum Gasteiger partial charge on any atom is -0.473 e. The van der Waals surface area contributed by atoms with Crippen LogP contribution in [0, 0.1) is 0 Å². The van der Waals surface area contributed by atoms with E-state index in [0.29, 0.717) is 12.5 Å². The maximum Gasteiger partial charge on any atom is 0.213 e. The number of aromatic nitrogens is 1. The van der Waals surface area contributed by atoms with E-state index in [-0.39, 0.29) is 12.2 Å². The fourth-order valence-corrected chi connectivity index (χ4v) is 2.39. The number of rotatable bonds is 4. The van der Waals surface area contributed by atoms with Gasteiger partial charge in [0.15, 0.2) is 0 Å². The molecule has 0 radical (unpaired) electrons. The van der Waals surface area contributed by atoms with Gasteiger partial charge in [0, 0.05) is 30.9 Å². The van der Waals surface area contributed by atoms with E-state index in [1.165, 1.54) is 0 Å². The molecule has 1 N–H and O–H groups in total. The highest BCUT2D eigenvalue weighted by atomic mass is 16.5. The summed E-state index contributed by atoms with van der Waals surface area (Å²) in [6.07, 6.45) is 2.15. The van der Waals surface area contributed by atoms with Crippen LogP contribution in [0.15, 0.2) is 48.7 Å². The van der Waals surface area contributed by atoms with Gasteiger partial charge in [-0.1, -0.05) is 30.3 Å². The third-order valence-electron chi connectivity index (χ3n) is 3.52. The summed E-state index contributed by atoms with van der Waals surface area (Å²) in [5.74, 6) is 0.638. The number of nitrogens with zero attached hydrogens (tertiary/aromatic N) is 1. The zero-order valence-corrected chi connectivity index (χ0v) is 12.2. The zero-order chi connectivity index (χ0) is 14.5. The molecule has 2 heterocycles. The SMILES string of the molecule is C[C@@H]1CNC[C@H](c2ccc(OCc3ccccc3)nc2)O1. The fourth-order valence-electron chi connectivity index (χ4n) is 2.39. The van der Waals surface area contributed by atoms with E-state index in [2.05, 4.69) is 17.2 Å². The number of hydrogen-bond acceptors (Lipinski definition) is 4. The van der Waals surface area contributed by atoms with Gasteiger partial charge in [0.1, 0.15) is 6.61 Å². The molecule has 0 unspecified atom stereocenters. The van der Waals surface area contributed by atoms with Gasteiger partial charge in [0.25, 0.3) is 0 Å². The van der Waals surface area contributed by atoms with E-state index < -0.39 is 0 Å². The van der Waals surface area contributed by atoms with Gasteiger partial charge in [-0.25, -0.2) is 4.98 Å². The van der Waals surface area contributed by atoms with E-state index in [1.807, 2.05) is 48.7 Å². The van der Waals surface area contributed by atoms with E-state index >= 15 is 0 Å². The van der Waals surface area contributed by atoms with Gasteiger partial charge < -0.3 is 14.8 Å². The molecule has 0 amide bonds. The second kappa shape index (κ2) is 6.70. The minimum absolute atomic E-state index is 0.0735. The summed E-state index contributed by atoms with van der Waals surface area (Å²) in [6.45, 7) is 4.34. The molecule has 2 atom stereocenters. The second-order valence-electron chi connectivity index (χ2n) is 5.30. The Morgan fingerprint density at radius 1 is 1.19 bits per heavy atom. The van der Waals surface area contributed by atoms with Gasteiger partial charge in [-0.3, -0.25) is 0 Å². The van der Waals surface area contributed by atoms with Crippen molar-refractivity contribution in [1.82, 2.24) is 10.3 Å². The highest BCUT2D eigenvalue weighted by Gasteiger charge is 2.20. The molecule has 1 fully saturated rings. The normalized spacial score (nSPS) is 22.0. The summed E-state index contributed by atoms with van der Waals surface area (Å²) >= 11 is 0. The predicted molar refractivity (Wildman–Crippen MR) is 81.2 cm³/mol. The zero-order valence-electron chi connectivity index (χ0n) is 12.2. The first kappa shape index (κ1) is 14.0. The number of benzene rings is 1. The molecular formula is C17H20N2O2. The smallest absolute Gasteiger partial charge is 0.213 e. The van der Waals surface area contributed by atoms with Gasteiger partial charge >= 0.3 is 0 Å². The van der Waals surface area contributed by atoms with Crippen LogP contribution in [0.25, 0.3) is 0 Å². The minimum atomic E-state index is 0.0735. The molecule has 0 spiro atoms. The average Bonchev–Trinajstić information content (AvgIpc) is 2.54. The lowest BCUT2D eigenvalue weighted by atomic mass is 10.1. The van der Waals surface area contributed by atoms with Crippen LogP contribution in [0.2, 0.25) is 0 Å². The Balaban J connectivity index is 1.59. The maximum absolute atomic E-state index is 5.90. The van der Waals surface area contributed by atoms with Gasteiger partial charge in [0.05, 0.1) is 12.2 Å². The summed E-state index contributed by atoms with van der Waals surface area (Å²) in [5, 5.41) is 3.36. The Bertz CT molecular complexity index is 557. The third kappa shape index (κ3) is 3.80. The molecule has 110 valence electrons. The molecule has 0 saturated carbocycles. The molecule has 1 aromatic heterocycles. The Morgan fingerprint density at radius 3 is 2.76 bits per heavy atom. The molecule has 21 heavy (non-hydrogen) atoms. The molecule has 1 aliphatic heterocycles. The Labute approximate surface area is 125 Å². The van der Waals surface area contributed by atoms with E-state index in [4.69, 9.17) is 9.47 Å². The Morgan fingerprint density at radius 2 is 2.05 bits per heavy atom. The quantitative estimate of drug-likeness (QED) is 0.937. The van der Waals surface area contributed by atoms with Crippen molar-refractivity contribution < 1.29 is 9.47 Å². The van der Waals surface area contributed by atoms with Gasteiger partial charge in [-0.15, -0.1) is 0 Å². The predicted octanol–water partition coefficient (Wildman–Crippen LogP) is 2.71. The second-order valence-corrected chi connectivity index (χ2v) is 5.30. The molecule has 3 rings (SSSR count). The molecule has 0 bridgehead atoms. The summed E-state index contributed by atoms with van der Waals surface area (Å²) in [5.41, 5.74) is 2.22. The first-order valence-electron chi connectivity index (χ1n) is 7.30. The van der Waals surface area contributed by atoms with E-state index in [1.54, 1.807) is 0 Å². The van der Waals surface area contributed by atoms with Crippen LogP contribution >= 0.6 is 0 Å². The highest BCUT2D eigenvalue weighted by molar-refractivity contribution is 5.21. The number of hydrogen-bond donors (Lipinski definition) is 1. The molecule has 0 aliphatic carbocycles. The summed E-state index contributed by atoms with van der Waals surface area (Å²) in [6, 6.07) is 14.0. The summed E-state index contributed by atoms with van der Waals surface area (Å²) in [7, 11) is 0. The van der Waals surface area contributed by atoms with E-state index in [0.717, 1.165) is 24.2 Å². The van der Waals surface area contributed by atoms with Crippen LogP contribution < -0.4 is 10.1 Å². The standard InChI is InChI=1S/C17H20N2O2/c1-13-9-18-11-16(21-13)15-7-8-17(19-10-15)20-12-14-5-3-2-4-6-14/h2-8,10,13,16,18H,9,11-12H2,1H3/t13-,16-/m1/s1. The number of ether oxygens (including phenoxy) is 2. The van der Waals surface area contributed by atoms with Crippen LogP contribution in [0.5, 0.6) is 5.88 Å². The van der Waals surface area contributed by atoms with Crippen molar-refractivity contribution in [3.05, 3.63) is 59.8 Å². The van der Waals surface area contributed by atoms with Crippen LogP contribution in [0.4, 0.5) is 0 Å². The van der Waals surface area contributed by atoms with Crippen molar-refractivity contribution in [2.75, 3.05) is 13.1 Å². The van der Waals surface area contributed by atoms with Gasteiger partial charge in [0.2, 0.25) is 5.88 Å².